The van der Waals surface area contributed by atoms with Crippen molar-refractivity contribution in [3.05, 3.63) is 27.8 Å². The van der Waals surface area contributed by atoms with E-state index in [1.165, 1.54) is 0 Å². The van der Waals surface area contributed by atoms with Gasteiger partial charge in [-0.15, -0.1) is 0 Å². The Morgan fingerprint density at radius 2 is 2.19 bits per heavy atom. The van der Waals surface area contributed by atoms with Crippen LogP contribution < -0.4 is 5.32 Å². The summed E-state index contributed by atoms with van der Waals surface area (Å²) in [7, 11) is 0. The minimum atomic E-state index is -0.884. The summed E-state index contributed by atoms with van der Waals surface area (Å²) in [6.45, 7) is 1.79. The van der Waals surface area contributed by atoms with Gasteiger partial charge in [0, 0.05) is 16.7 Å². The van der Waals surface area contributed by atoms with Crippen LogP contribution in [0.15, 0.2) is 24.3 Å². The van der Waals surface area contributed by atoms with E-state index >= 15 is 0 Å². The molecule has 114 valence electrons. The van der Waals surface area contributed by atoms with Gasteiger partial charge in [-0.3, -0.25) is 14.5 Å². The van der Waals surface area contributed by atoms with E-state index in [9.17, 15) is 9.59 Å². The van der Waals surface area contributed by atoms with E-state index in [2.05, 4.69) is 27.9 Å². The van der Waals surface area contributed by atoms with Crippen molar-refractivity contribution in [2.45, 2.75) is 12.5 Å². The smallest absolute Gasteiger partial charge is 0.306 e. The molecule has 1 unspecified atom stereocenters. The lowest BCUT2D eigenvalue weighted by Crippen LogP contribution is -2.46. The van der Waals surface area contributed by atoms with Crippen molar-refractivity contribution in [1.29, 1.82) is 0 Å². The zero-order chi connectivity index (χ0) is 15.2. The van der Waals surface area contributed by atoms with Crippen LogP contribution in [0.2, 0.25) is 0 Å². The minimum Gasteiger partial charge on any atom is -0.481 e. The van der Waals surface area contributed by atoms with Crippen LogP contribution in [0.3, 0.4) is 0 Å². The Morgan fingerprint density at radius 3 is 2.90 bits per heavy atom. The number of amides is 1. The normalized spacial score (nSPS) is 19.2. The molecule has 1 aromatic carbocycles. The molecule has 1 saturated heterocycles. The number of carboxylic acid groups (broad SMARTS) is 1. The standard InChI is InChI=1S/C14H17IN2O4/c15-11-3-1-2-4-12(11)16-13(18)9-17-5-6-21-10(8-17)7-14(19)20/h1-4,10H,5-9H2,(H,16,18)(H,19,20). The molecule has 1 atom stereocenters. The molecule has 0 bridgehead atoms. The highest BCUT2D eigenvalue weighted by molar-refractivity contribution is 14.1. The fourth-order valence-electron chi connectivity index (χ4n) is 2.20. The van der Waals surface area contributed by atoms with Crippen LogP contribution in [0, 0.1) is 3.57 Å². The number of hydrogen-bond acceptors (Lipinski definition) is 4. The number of carboxylic acids is 1. The summed E-state index contributed by atoms with van der Waals surface area (Å²) in [6, 6.07) is 7.56. The van der Waals surface area contributed by atoms with Crippen LogP contribution in [0.4, 0.5) is 5.69 Å². The highest BCUT2D eigenvalue weighted by atomic mass is 127. The fourth-order valence-corrected chi connectivity index (χ4v) is 2.72. The van der Waals surface area contributed by atoms with Gasteiger partial charge in [0.05, 0.1) is 31.4 Å². The maximum atomic E-state index is 12.0. The maximum Gasteiger partial charge on any atom is 0.306 e. The molecule has 0 aliphatic carbocycles. The second kappa shape index (κ2) is 7.71. The highest BCUT2D eigenvalue weighted by Gasteiger charge is 2.24. The zero-order valence-corrected chi connectivity index (χ0v) is 13.6. The SMILES string of the molecule is O=C(O)CC1CN(CC(=O)Nc2ccccc2I)CCO1. The van der Waals surface area contributed by atoms with Gasteiger partial charge in [0.25, 0.3) is 0 Å². The Morgan fingerprint density at radius 1 is 1.43 bits per heavy atom. The molecular formula is C14H17IN2O4. The van der Waals surface area contributed by atoms with Crippen molar-refractivity contribution in [2.24, 2.45) is 0 Å². The molecule has 2 N–H and O–H groups in total. The predicted molar refractivity (Wildman–Crippen MR) is 86.2 cm³/mol. The van der Waals surface area contributed by atoms with Crippen molar-refractivity contribution in [3.8, 4) is 0 Å². The van der Waals surface area contributed by atoms with E-state index in [1.807, 2.05) is 29.2 Å². The largest absolute Gasteiger partial charge is 0.481 e. The van der Waals surface area contributed by atoms with Gasteiger partial charge >= 0.3 is 5.97 Å². The average Bonchev–Trinajstić information content (AvgIpc) is 2.41. The van der Waals surface area contributed by atoms with Crippen LogP contribution in [0.25, 0.3) is 0 Å². The predicted octanol–water partition coefficient (Wildman–Crippen LogP) is 1.41. The number of halogens is 1. The van der Waals surface area contributed by atoms with E-state index in [0.717, 1.165) is 9.26 Å². The first-order valence-electron chi connectivity index (χ1n) is 6.64. The first-order valence-corrected chi connectivity index (χ1v) is 7.72. The Balaban J connectivity index is 1.85. The minimum absolute atomic E-state index is 0.0330. The lowest BCUT2D eigenvalue weighted by molar-refractivity contribution is -0.142. The van der Waals surface area contributed by atoms with Gasteiger partial charge in [-0.1, -0.05) is 12.1 Å². The molecule has 2 rings (SSSR count). The lowest BCUT2D eigenvalue weighted by Gasteiger charge is -2.31. The fraction of sp³-hybridized carbons (Fsp3) is 0.429. The number of anilines is 1. The summed E-state index contributed by atoms with van der Waals surface area (Å²) >= 11 is 2.17. The van der Waals surface area contributed by atoms with Crippen LogP contribution >= 0.6 is 22.6 Å². The van der Waals surface area contributed by atoms with E-state index in [4.69, 9.17) is 9.84 Å². The number of aliphatic carboxylic acids is 1. The van der Waals surface area contributed by atoms with Crippen molar-refractivity contribution in [1.82, 2.24) is 4.90 Å². The number of ether oxygens (including phenoxy) is 1. The number of nitrogens with one attached hydrogen (secondary N) is 1. The summed E-state index contributed by atoms with van der Waals surface area (Å²) in [5.41, 5.74) is 0.790. The van der Waals surface area contributed by atoms with E-state index in [0.29, 0.717) is 19.7 Å². The Labute approximate surface area is 136 Å². The number of benzene rings is 1. The molecule has 1 amide bonds. The van der Waals surface area contributed by atoms with Gasteiger partial charge in [0.2, 0.25) is 5.91 Å². The lowest BCUT2D eigenvalue weighted by atomic mass is 10.2. The quantitative estimate of drug-likeness (QED) is 0.726. The molecule has 0 aromatic heterocycles. The molecule has 0 radical (unpaired) electrons. The van der Waals surface area contributed by atoms with Crippen molar-refractivity contribution in [2.75, 3.05) is 31.6 Å². The van der Waals surface area contributed by atoms with Crippen molar-refractivity contribution >= 4 is 40.2 Å². The summed E-state index contributed by atoms with van der Waals surface area (Å²) < 4.78 is 6.36. The van der Waals surface area contributed by atoms with Crippen LogP contribution in [-0.4, -0.2) is 54.2 Å². The van der Waals surface area contributed by atoms with Crippen LogP contribution in [-0.2, 0) is 14.3 Å². The third-order valence-corrected chi connectivity index (χ3v) is 4.08. The third-order valence-electron chi connectivity index (χ3n) is 3.14. The molecule has 1 aromatic rings. The molecule has 0 saturated carbocycles. The summed E-state index contributed by atoms with van der Waals surface area (Å²) in [5, 5.41) is 11.6. The van der Waals surface area contributed by atoms with Gasteiger partial charge in [-0.05, 0) is 34.7 Å². The molecule has 1 fully saturated rings. The number of morpholine rings is 1. The second-order valence-electron chi connectivity index (χ2n) is 4.85. The second-order valence-corrected chi connectivity index (χ2v) is 6.02. The molecule has 6 nitrogen and oxygen atoms in total. The summed E-state index contributed by atoms with van der Waals surface area (Å²) in [4.78, 5) is 24.7. The van der Waals surface area contributed by atoms with Gasteiger partial charge < -0.3 is 15.2 Å². The van der Waals surface area contributed by atoms with Gasteiger partial charge in [0.15, 0.2) is 0 Å². The first-order chi connectivity index (χ1) is 10.0. The number of para-hydroxylation sites is 1. The van der Waals surface area contributed by atoms with Crippen LogP contribution in [0.1, 0.15) is 6.42 Å². The Hall–Kier alpha value is -1.19. The Bertz CT molecular complexity index is 523. The van der Waals surface area contributed by atoms with E-state index in [-0.39, 0.29) is 25.0 Å². The number of carbonyl (C=O) groups excluding carboxylic acids is 1. The van der Waals surface area contributed by atoms with Crippen LogP contribution in [0.5, 0.6) is 0 Å². The molecule has 7 heteroatoms. The van der Waals surface area contributed by atoms with Gasteiger partial charge in [0.1, 0.15) is 0 Å². The van der Waals surface area contributed by atoms with Crippen molar-refractivity contribution in [3.63, 3.8) is 0 Å². The van der Waals surface area contributed by atoms with Gasteiger partial charge in [-0.2, -0.15) is 0 Å². The molecule has 1 heterocycles. The topological polar surface area (TPSA) is 78.9 Å². The zero-order valence-electron chi connectivity index (χ0n) is 11.4. The average molecular weight is 404 g/mol. The molecule has 21 heavy (non-hydrogen) atoms. The third kappa shape index (κ3) is 5.25. The first kappa shape index (κ1) is 16.2. The summed E-state index contributed by atoms with van der Waals surface area (Å²) in [6.07, 6.45) is -0.379. The number of nitrogens with zero attached hydrogens (tertiary/aromatic N) is 1. The summed E-state index contributed by atoms with van der Waals surface area (Å²) in [5.74, 6) is -0.986. The number of carbonyl (C=O) groups is 2. The molecule has 1 aliphatic heterocycles. The highest BCUT2D eigenvalue weighted by Crippen LogP contribution is 2.17. The van der Waals surface area contributed by atoms with Gasteiger partial charge in [-0.25, -0.2) is 0 Å². The molecule has 1 aliphatic rings. The maximum absolute atomic E-state index is 12.0. The number of hydrogen-bond donors (Lipinski definition) is 2. The van der Waals surface area contributed by atoms with Crippen molar-refractivity contribution < 1.29 is 19.4 Å². The molecule has 0 spiro atoms. The Kier molecular flexibility index (Phi) is 5.95. The monoisotopic (exact) mass is 404 g/mol. The van der Waals surface area contributed by atoms with E-state index < -0.39 is 5.97 Å². The number of rotatable bonds is 5. The molecular weight excluding hydrogens is 387 g/mol. The van der Waals surface area contributed by atoms with E-state index in [1.54, 1.807) is 0 Å².